The molecule has 140 valence electrons. The number of amides is 1. The molecular weight excluding hydrogens is 355 g/mol. The first kappa shape index (κ1) is 19.9. The monoisotopic (exact) mass is 378 g/mol. The van der Waals surface area contributed by atoms with Gasteiger partial charge in [0, 0.05) is 13.1 Å². The molecule has 1 amide bonds. The van der Waals surface area contributed by atoms with Crippen LogP contribution in [0.15, 0.2) is 53.4 Å². The highest BCUT2D eigenvalue weighted by Gasteiger charge is 2.30. The van der Waals surface area contributed by atoms with Gasteiger partial charge in [0.05, 0.1) is 10.6 Å². The van der Waals surface area contributed by atoms with Gasteiger partial charge in [-0.3, -0.25) is 9.10 Å². The number of anilines is 1. The van der Waals surface area contributed by atoms with Crippen LogP contribution in [-0.4, -0.2) is 38.9 Å². The van der Waals surface area contributed by atoms with E-state index in [1.807, 2.05) is 20.8 Å². The molecule has 0 aromatic heterocycles. The van der Waals surface area contributed by atoms with Crippen LogP contribution in [0.5, 0.6) is 0 Å². The standard InChI is InChI=1S/C19H23FN2O3S/c1-4-21(5-2)19(23)14-22(18-9-7-6-8-17(18)20)26(24,25)16-12-10-15(3)11-13-16/h6-13H,4-5,14H2,1-3H3. The summed E-state index contributed by atoms with van der Waals surface area (Å²) in [5.74, 6) is -1.08. The van der Waals surface area contributed by atoms with Gasteiger partial charge in [0.25, 0.3) is 10.0 Å². The van der Waals surface area contributed by atoms with Crippen LogP contribution in [0.2, 0.25) is 0 Å². The Labute approximate surface area is 154 Å². The van der Waals surface area contributed by atoms with Crippen molar-refractivity contribution in [3.8, 4) is 0 Å². The molecule has 0 heterocycles. The van der Waals surface area contributed by atoms with Crippen LogP contribution >= 0.6 is 0 Å². The first-order chi connectivity index (χ1) is 12.3. The van der Waals surface area contributed by atoms with E-state index in [0.717, 1.165) is 9.87 Å². The molecule has 2 aromatic carbocycles. The van der Waals surface area contributed by atoms with Crippen molar-refractivity contribution in [2.24, 2.45) is 0 Å². The van der Waals surface area contributed by atoms with E-state index in [1.54, 1.807) is 12.1 Å². The Kier molecular flexibility index (Phi) is 6.37. The number of aryl methyl sites for hydroxylation is 1. The van der Waals surface area contributed by atoms with Crippen molar-refractivity contribution in [1.82, 2.24) is 4.90 Å². The Morgan fingerprint density at radius 1 is 1.00 bits per heavy atom. The number of hydrogen-bond acceptors (Lipinski definition) is 3. The van der Waals surface area contributed by atoms with Crippen molar-refractivity contribution >= 4 is 21.6 Å². The van der Waals surface area contributed by atoms with E-state index >= 15 is 0 Å². The number of hydrogen-bond donors (Lipinski definition) is 0. The second kappa shape index (κ2) is 8.31. The molecule has 26 heavy (non-hydrogen) atoms. The largest absolute Gasteiger partial charge is 0.342 e. The minimum Gasteiger partial charge on any atom is -0.342 e. The van der Waals surface area contributed by atoms with Gasteiger partial charge in [0.2, 0.25) is 5.91 Å². The number of benzene rings is 2. The molecule has 2 rings (SSSR count). The van der Waals surface area contributed by atoms with E-state index in [0.29, 0.717) is 13.1 Å². The van der Waals surface area contributed by atoms with E-state index in [9.17, 15) is 17.6 Å². The van der Waals surface area contributed by atoms with E-state index in [1.165, 1.54) is 41.3 Å². The molecule has 7 heteroatoms. The lowest BCUT2D eigenvalue weighted by Gasteiger charge is -2.27. The molecule has 5 nitrogen and oxygen atoms in total. The van der Waals surface area contributed by atoms with Gasteiger partial charge in [-0.25, -0.2) is 12.8 Å². The van der Waals surface area contributed by atoms with Crippen LogP contribution in [0.25, 0.3) is 0 Å². The smallest absolute Gasteiger partial charge is 0.264 e. The highest BCUT2D eigenvalue weighted by molar-refractivity contribution is 7.92. The van der Waals surface area contributed by atoms with E-state index in [2.05, 4.69) is 0 Å². The van der Waals surface area contributed by atoms with Crippen LogP contribution in [0.3, 0.4) is 0 Å². The summed E-state index contributed by atoms with van der Waals surface area (Å²) in [7, 11) is -4.09. The lowest BCUT2D eigenvalue weighted by atomic mass is 10.2. The van der Waals surface area contributed by atoms with E-state index < -0.39 is 22.4 Å². The second-order valence-electron chi connectivity index (χ2n) is 5.84. The zero-order valence-electron chi connectivity index (χ0n) is 15.1. The normalized spacial score (nSPS) is 11.2. The third-order valence-corrected chi connectivity index (χ3v) is 5.90. The lowest BCUT2D eigenvalue weighted by molar-refractivity contribution is -0.129. The number of rotatable bonds is 7. The maximum Gasteiger partial charge on any atom is 0.264 e. The number of likely N-dealkylation sites (N-methyl/N-ethyl adjacent to an activating group) is 1. The number of nitrogens with zero attached hydrogens (tertiary/aromatic N) is 2. The molecule has 0 unspecified atom stereocenters. The first-order valence-corrected chi connectivity index (χ1v) is 9.87. The summed E-state index contributed by atoms with van der Waals surface area (Å²) in [6.45, 7) is 5.90. The Morgan fingerprint density at radius 3 is 2.12 bits per heavy atom. The summed E-state index contributed by atoms with van der Waals surface area (Å²) < 4.78 is 41.4. The fourth-order valence-electron chi connectivity index (χ4n) is 2.59. The van der Waals surface area contributed by atoms with Gasteiger partial charge in [0.15, 0.2) is 0 Å². The molecule has 2 aromatic rings. The molecule has 0 N–H and O–H groups in total. The zero-order valence-corrected chi connectivity index (χ0v) is 16.0. The number of carbonyl (C=O) groups excluding carboxylic acids is 1. The molecular formula is C19H23FN2O3S. The zero-order chi connectivity index (χ0) is 19.3. The van der Waals surface area contributed by atoms with Gasteiger partial charge in [-0.2, -0.15) is 0 Å². The van der Waals surface area contributed by atoms with Gasteiger partial charge < -0.3 is 4.90 Å². The molecule has 0 fully saturated rings. The van der Waals surface area contributed by atoms with Crippen molar-refractivity contribution in [2.75, 3.05) is 23.9 Å². The van der Waals surface area contributed by atoms with Crippen molar-refractivity contribution in [2.45, 2.75) is 25.7 Å². The van der Waals surface area contributed by atoms with Crippen molar-refractivity contribution in [3.05, 3.63) is 59.9 Å². The number of carbonyl (C=O) groups is 1. The van der Waals surface area contributed by atoms with Crippen LogP contribution in [0, 0.1) is 12.7 Å². The Hall–Kier alpha value is -2.41. The number of sulfonamides is 1. The lowest BCUT2D eigenvalue weighted by Crippen LogP contribution is -2.43. The maximum atomic E-state index is 14.3. The molecule has 0 spiro atoms. The highest BCUT2D eigenvalue weighted by atomic mass is 32.2. The van der Waals surface area contributed by atoms with Crippen LogP contribution in [0.1, 0.15) is 19.4 Å². The number of para-hydroxylation sites is 1. The molecule has 0 aliphatic heterocycles. The molecule has 0 aliphatic carbocycles. The SMILES string of the molecule is CCN(CC)C(=O)CN(c1ccccc1F)S(=O)(=O)c1ccc(C)cc1. The quantitative estimate of drug-likeness (QED) is 0.743. The summed E-state index contributed by atoms with van der Waals surface area (Å²) in [5.41, 5.74) is 0.759. The fourth-order valence-corrected chi connectivity index (χ4v) is 4.01. The van der Waals surface area contributed by atoms with Gasteiger partial charge in [-0.1, -0.05) is 29.8 Å². The molecule has 0 bridgehead atoms. The summed E-state index contributed by atoms with van der Waals surface area (Å²) in [6.07, 6.45) is 0. The minimum atomic E-state index is -4.09. The summed E-state index contributed by atoms with van der Waals surface area (Å²) in [6, 6.07) is 11.8. The van der Waals surface area contributed by atoms with Crippen molar-refractivity contribution in [3.63, 3.8) is 0 Å². The minimum absolute atomic E-state index is 0.0127. The summed E-state index contributed by atoms with van der Waals surface area (Å²) >= 11 is 0. The Balaban J connectivity index is 2.51. The summed E-state index contributed by atoms with van der Waals surface area (Å²) in [5, 5.41) is 0. The van der Waals surface area contributed by atoms with Crippen LogP contribution < -0.4 is 4.31 Å². The van der Waals surface area contributed by atoms with E-state index in [4.69, 9.17) is 0 Å². The summed E-state index contributed by atoms with van der Waals surface area (Å²) in [4.78, 5) is 14.1. The average Bonchev–Trinajstić information content (AvgIpc) is 2.62. The van der Waals surface area contributed by atoms with Gasteiger partial charge >= 0.3 is 0 Å². The fraction of sp³-hybridized carbons (Fsp3) is 0.316. The third kappa shape index (κ3) is 4.22. The topological polar surface area (TPSA) is 57.7 Å². The molecule has 0 saturated heterocycles. The van der Waals surface area contributed by atoms with Gasteiger partial charge in [-0.05, 0) is 45.0 Å². The Morgan fingerprint density at radius 2 is 1.58 bits per heavy atom. The van der Waals surface area contributed by atoms with E-state index in [-0.39, 0.29) is 16.5 Å². The first-order valence-electron chi connectivity index (χ1n) is 8.43. The Bertz CT molecular complexity index is 863. The van der Waals surface area contributed by atoms with Crippen molar-refractivity contribution < 1.29 is 17.6 Å². The number of halogens is 1. The molecule has 0 radical (unpaired) electrons. The highest BCUT2D eigenvalue weighted by Crippen LogP contribution is 2.26. The molecule has 0 atom stereocenters. The molecule has 0 aliphatic rings. The van der Waals surface area contributed by atoms with Crippen LogP contribution in [-0.2, 0) is 14.8 Å². The van der Waals surface area contributed by atoms with Crippen LogP contribution in [0.4, 0.5) is 10.1 Å². The molecule has 0 saturated carbocycles. The maximum absolute atomic E-state index is 14.3. The predicted octanol–water partition coefficient (Wildman–Crippen LogP) is 3.20. The van der Waals surface area contributed by atoms with Gasteiger partial charge in [0.1, 0.15) is 12.4 Å². The second-order valence-corrected chi connectivity index (χ2v) is 7.70. The van der Waals surface area contributed by atoms with Crippen molar-refractivity contribution in [1.29, 1.82) is 0 Å². The predicted molar refractivity (Wildman–Crippen MR) is 100 cm³/mol. The third-order valence-electron chi connectivity index (χ3n) is 4.13. The van der Waals surface area contributed by atoms with Gasteiger partial charge in [-0.15, -0.1) is 0 Å². The average molecular weight is 378 g/mol.